The molecule has 0 unspecified atom stereocenters. The van der Waals surface area contributed by atoms with E-state index in [0.29, 0.717) is 0 Å². The quantitative estimate of drug-likeness (QED) is 0.862. The lowest BCUT2D eigenvalue weighted by atomic mass is 10.1. The van der Waals surface area contributed by atoms with Crippen molar-refractivity contribution >= 4 is 22.3 Å². The SMILES string of the molecule is CNc1cccc2c(N3CCNCC3)nc(C)cc12. The van der Waals surface area contributed by atoms with Crippen LogP contribution < -0.4 is 15.5 Å². The molecule has 0 amide bonds. The molecule has 1 aromatic heterocycles. The van der Waals surface area contributed by atoms with Crippen molar-refractivity contribution in [1.82, 2.24) is 10.3 Å². The average Bonchev–Trinajstić information content (AvgIpc) is 2.46. The topological polar surface area (TPSA) is 40.2 Å². The number of fused-ring (bicyclic) bond motifs is 1. The third-order valence-electron chi connectivity index (χ3n) is 3.67. The Morgan fingerprint density at radius 3 is 2.74 bits per heavy atom. The van der Waals surface area contributed by atoms with E-state index in [4.69, 9.17) is 4.98 Å². The molecule has 0 spiro atoms. The zero-order valence-corrected chi connectivity index (χ0v) is 11.5. The van der Waals surface area contributed by atoms with Crippen LogP contribution in [0.4, 0.5) is 11.5 Å². The summed E-state index contributed by atoms with van der Waals surface area (Å²) in [6.07, 6.45) is 0. The molecule has 1 aromatic carbocycles. The van der Waals surface area contributed by atoms with Crippen molar-refractivity contribution < 1.29 is 0 Å². The molecule has 1 fully saturated rings. The van der Waals surface area contributed by atoms with Gasteiger partial charge in [0, 0.05) is 55.4 Å². The monoisotopic (exact) mass is 256 g/mol. The Morgan fingerprint density at radius 1 is 1.21 bits per heavy atom. The van der Waals surface area contributed by atoms with E-state index in [0.717, 1.165) is 37.7 Å². The Hall–Kier alpha value is -1.81. The highest BCUT2D eigenvalue weighted by Crippen LogP contribution is 2.30. The van der Waals surface area contributed by atoms with Gasteiger partial charge in [-0.05, 0) is 19.1 Å². The highest BCUT2D eigenvalue weighted by Gasteiger charge is 2.16. The van der Waals surface area contributed by atoms with Crippen molar-refractivity contribution in [3.8, 4) is 0 Å². The largest absolute Gasteiger partial charge is 0.388 e. The summed E-state index contributed by atoms with van der Waals surface area (Å²) in [5.41, 5.74) is 2.24. The van der Waals surface area contributed by atoms with Crippen LogP contribution in [0.3, 0.4) is 0 Å². The third-order valence-corrected chi connectivity index (χ3v) is 3.67. The summed E-state index contributed by atoms with van der Waals surface area (Å²) in [5, 5.41) is 9.15. The molecule has 2 heterocycles. The molecule has 1 aliphatic rings. The minimum Gasteiger partial charge on any atom is -0.388 e. The van der Waals surface area contributed by atoms with Gasteiger partial charge in [0.25, 0.3) is 0 Å². The number of anilines is 2. The minimum absolute atomic E-state index is 1.02. The molecular formula is C15H20N4. The van der Waals surface area contributed by atoms with Gasteiger partial charge in [0.1, 0.15) is 5.82 Å². The summed E-state index contributed by atoms with van der Waals surface area (Å²) < 4.78 is 0. The molecule has 0 radical (unpaired) electrons. The Morgan fingerprint density at radius 2 is 2.00 bits per heavy atom. The van der Waals surface area contributed by atoms with E-state index in [1.165, 1.54) is 16.5 Å². The molecule has 2 N–H and O–H groups in total. The summed E-state index contributed by atoms with van der Waals surface area (Å²) in [5.74, 6) is 1.12. The van der Waals surface area contributed by atoms with E-state index in [9.17, 15) is 0 Å². The van der Waals surface area contributed by atoms with Crippen LogP contribution in [-0.4, -0.2) is 38.2 Å². The summed E-state index contributed by atoms with van der Waals surface area (Å²) in [7, 11) is 1.97. The Kier molecular flexibility index (Phi) is 3.25. The van der Waals surface area contributed by atoms with E-state index in [-0.39, 0.29) is 0 Å². The number of nitrogens with one attached hydrogen (secondary N) is 2. The lowest BCUT2D eigenvalue weighted by molar-refractivity contribution is 0.586. The summed E-state index contributed by atoms with van der Waals surface area (Å²) in [4.78, 5) is 7.15. The molecule has 100 valence electrons. The van der Waals surface area contributed by atoms with Gasteiger partial charge in [-0.15, -0.1) is 0 Å². The predicted molar refractivity (Wildman–Crippen MR) is 81.1 cm³/mol. The van der Waals surface area contributed by atoms with Gasteiger partial charge in [-0.3, -0.25) is 0 Å². The van der Waals surface area contributed by atoms with Gasteiger partial charge in [0.15, 0.2) is 0 Å². The van der Waals surface area contributed by atoms with Crippen molar-refractivity contribution in [3.63, 3.8) is 0 Å². The second kappa shape index (κ2) is 5.05. The number of rotatable bonds is 2. The number of hydrogen-bond donors (Lipinski definition) is 2. The minimum atomic E-state index is 1.02. The first-order chi connectivity index (χ1) is 9.29. The fourth-order valence-corrected chi connectivity index (χ4v) is 2.72. The van der Waals surface area contributed by atoms with E-state index in [1.807, 2.05) is 7.05 Å². The first-order valence-electron chi connectivity index (χ1n) is 6.83. The molecule has 4 heteroatoms. The van der Waals surface area contributed by atoms with Gasteiger partial charge in [-0.1, -0.05) is 12.1 Å². The average molecular weight is 256 g/mol. The van der Waals surface area contributed by atoms with Crippen molar-refractivity contribution in [2.75, 3.05) is 43.4 Å². The zero-order chi connectivity index (χ0) is 13.2. The summed E-state index contributed by atoms with van der Waals surface area (Å²) >= 11 is 0. The molecule has 1 aliphatic heterocycles. The molecule has 3 rings (SSSR count). The molecule has 1 saturated heterocycles. The first kappa shape index (κ1) is 12.2. The predicted octanol–water partition coefficient (Wildman–Crippen LogP) is 1.99. The maximum Gasteiger partial charge on any atom is 0.136 e. The Labute approximate surface area is 113 Å². The molecule has 0 aliphatic carbocycles. The van der Waals surface area contributed by atoms with Crippen LogP contribution in [0.1, 0.15) is 5.69 Å². The normalized spacial score (nSPS) is 15.8. The van der Waals surface area contributed by atoms with Crippen molar-refractivity contribution in [1.29, 1.82) is 0 Å². The number of hydrogen-bond acceptors (Lipinski definition) is 4. The second-order valence-corrected chi connectivity index (χ2v) is 4.97. The third kappa shape index (κ3) is 2.24. The fraction of sp³-hybridized carbons (Fsp3) is 0.400. The van der Waals surface area contributed by atoms with Crippen LogP contribution in [-0.2, 0) is 0 Å². The fourth-order valence-electron chi connectivity index (χ4n) is 2.72. The van der Waals surface area contributed by atoms with Crippen LogP contribution >= 0.6 is 0 Å². The maximum absolute atomic E-state index is 4.77. The number of aromatic nitrogens is 1. The highest BCUT2D eigenvalue weighted by atomic mass is 15.2. The van der Waals surface area contributed by atoms with E-state index >= 15 is 0 Å². The standard InChI is InChI=1S/C15H20N4/c1-11-10-13-12(4-3-5-14(13)16-2)15(18-11)19-8-6-17-7-9-19/h3-5,10,16-17H,6-9H2,1-2H3. The van der Waals surface area contributed by atoms with Gasteiger partial charge in [0.05, 0.1) is 0 Å². The lowest BCUT2D eigenvalue weighted by Gasteiger charge is -2.29. The van der Waals surface area contributed by atoms with Gasteiger partial charge < -0.3 is 15.5 Å². The van der Waals surface area contributed by atoms with Gasteiger partial charge in [0.2, 0.25) is 0 Å². The van der Waals surface area contributed by atoms with Crippen molar-refractivity contribution in [3.05, 3.63) is 30.0 Å². The Bertz CT molecular complexity index is 588. The number of piperazine rings is 1. The van der Waals surface area contributed by atoms with E-state index in [1.54, 1.807) is 0 Å². The number of nitrogens with zero attached hydrogens (tertiary/aromatic N) is 2. The maximum atomic E-state index is 4.77. The number of pyridine rings is 1. The van der Waals surface area contributed by atoms with Crippen LogP contribution in [0.15, 0.2) is 24.3 Å². The van der Waals surface area contributed by atoms with Crippen LogP contribution in [0.5, 0.6) is 0 Å². The van der Waals surface area contributed by atoms with Crippen molar-refractivity contribution in [2.45, 2.75) is 6.92 Å². The molecule has 2 aromatic rings. The summed E-state index contributed by atoms with van der Waals surface area (Å²) in [6.45, 7) is 6.17. The van der Waals surface area contributed by atoms with Crippen LogP contribution in [0.25, 0.3) is 10.8 Å². The first-order valence-corrected chi connectivity index (χ1v) is 6.83. The van der Waals surface area contributed by atoms with Crippen LogP contribution in [0, 0.1) is 6.92 Å². The lowest BCUT2D eigenvalue weighted by Crippen LogP contribution is -2.44. The van der Waals surface area contributed by atoms with E-state index in [2.05, 4.69) is 46.7 Å². The van der Waals surface area contributed by atoms with Gasteiger partial charge in [-0.2, -0.15) is 0 Å². The van der Waals surface area contributed by atoms with Crippen molar-refractivity contribution in [2.24, 2.45) is 0 Å². The molecule has 0 atom stereocenters. The smallest absolute Gasteiger partial charge is 0.136 e. The number of benzene rings is 1. The van der Waals surface area contributed by atoms with E-state index < -0.39 is 0 Å². The van der Waals surface area contributed by atoms with Crippen LogP contribution in [0.2, 0.25) is 0 Å². The molecule has 4 nitrogen and oxygen atoms in total. The zero-order valence-electron chi connectivity index (χ0n) is 11.5. The molecular weight excluding hydrogens is 236 g/mol. The molecule has 19 heavy (non-hydrogen) atoms. The Balaban J connectivity index is 2.17. The van der Waals surface area contributed by atoms with Gasteiger partial charge >= 0.3 is 0 Å². The molecule has 0 bridgehead atoms. The van der Waals surface area contributed by atoms with Gasteiger partial charge in [-0.25, -0.2) is 4.98 Å². The number of aryl methyl sites for hydroxylation is 1. The summed E-state index contributed by atoms with van der Waals surface area (Å²) in [6, 6.07) is 8.53. The second-order valence-electron chi connectivity index (χ2n) is 4.97. The molecule has 0 saturated carbocycles. The highest BCUT2D eigenvalue weighted by molar-refractivity contribution is 6.00.